The molecule has 5 nitrogen and oxygen atoms in total. The molecule has 1 fully saturated rings. The molecule has 19 heavy (non-hydrogen) atoms. The first-order valence-electron chi connectivity index (χ1n) is 6.99. The van der Waals surface area contributed by atoms with Crippen molar-refractivity contribution in [1.82, 2.24) is 14.6 Å². The number of anilines is 1. The molecule has 5 heteroatoms. The molecular weight excluding hydrogens is 238 g/mol. The lowest BCUT2D eigenvalue weighted by Gasteiger charge is -2.38. The second-order valence-electron chi connectivity index (χ2n) is 5.54. The fourth-order valence-corrected chi connectivity index (χ4v) is 2.95. The minimum absolute atomic E-state index is 0.354. The maximum Gasteiger partial charge on any atom is 0.245 e. The average molecular weight is 259 g/mol. The van der Waals surface area contributed by atoms with E-state index in [1.807, 2.05) is 16.8 Å². The van der Waals surface area contributed by atoms with Gasteiger partial charge in [-0.15, -0.1) is 5.10 Å². The van der Waals surface area contributed by atoms with Crippen LogP contribution in [0.5, 0.6) is 0 Å². The highest BCUT2D eigenvalue weighted by Crippen LogP contribution is 2.26. The van der Waals surface area contributed by atoms with Gasteiger partial charge in [-0.3, -0.25) is 0 Å². The highest BCUT2D eigenvalue weighted by Gasteiger charge is 2.29. The van der Waals surface area contributed by atoms with Crippen LogP contribution in [0.2, 0.25) is 0 Å². The van der Waals surface area contributed by atoms with Gasteiger partial charge in [-0.2, -0.15) is 4.98 Å². The smallest absolute Gasteiger partial charge is 0.245 e. The molecular formula is C14H21N5. The quantitative estimate of drug-likeness (QED) is 0.890. The van der Waals surface area contributed by atoms with Crippen molar-refractivity contribution in [3.05, 3.63) is 23.9 Å². The molecule has 0 radical (unpaired) electrons. The second kappa shape index (κ2) is 4.81. The third-order valence-corrected chi connectivity index (χ3v) is 4.08. The lowest BCUT2D eigenvalue weighted by atomic mass is 9.91. The minimum atomic E-state index is 0.354. The first-order chi connectivity index (χ1) is 9.19. The summed E-state index contributed by atoms with van der Waals surface area (Å²) in [5, 5.41) is 4.61. The molecule has 0 aliphatic carbocycles. The molecule has 3 rings (SSSR count). The fourth-order valence-electron chi connectivity index (χ4n) is 2.95. The number of rotatable bonds is 2. The van der Waals surface area contributed by atoms with Crippen molar-refractivity contribution in [2.45, 2.75) is 32.7 Å². The Kier molecular flexibility index (Phi) is 3.14. The van der Waals surface area contributed by atoms with E-state index in [1.54, 1.807) is 0 Å². The number of nitrogens with zero attached hydrogens (tertiary/aromatic N) is 4. The first kappa shape index (κ1) is 12.4. The van der Waals surface area contributed by atoms with E-state index in [9.17, 15) is 0 Å². The van der Waals surface area contributed by atoms with Crippen LogP contribution in [0.1, 0.15) is 25.3 Å². The van der Waals surface area contributed by atoms with Gasteiger partial charge in [0.2, 0.25) is 5.95 Å². The number of fused-ring (bicyclic) bond motifs is 1. The summed E-state index contributed by atoms with van der Waals surface area (Å²) in [6.07, 6.45) is 4.44. The van der Waals surface area contributed by atoms with Gasteiger partial charge in [0, 0.05) is 25.3 Å². The van der Waals surface area contributed by atoms with Crippen LogP contribution >= 0.6 is 0 Å². The zero-order valence-electron chi connectivity index (χ0n) is 11.6. The van der Waals surface area contributed by atoms with E-state index < -0.39 is 0 Å². The van der Waals surface area contributed by atoms with Crippen molar-refractivity contribution < 1.29 is 0 Å². The third-order valence-electron chi connectivity index (χ3n) is 4.08. The molecule has 2 atom stereocenters. The Labute approximate surface area is 113 Å². The summed E-state index contributed by atoms with van der Waals surface area (Å²) in [5.41, 5.74) is 8.02. The molecule has 0 saturated carbocycles. The van der Waals surface area contributed by atoms with Crippen molar-refractivity contribution in [2.75, 3.05) is 18.0 Å². The van der Waals surface area contributed by atoms with E-state index in [1.165, 1.54) is 18.4 Å². The van der Waals surface area contributed by atoms with E-state index in [4.69, 9.17) is 5.73 Å². The third kappa shape index (κ3) is 2.18. The number of hydrogen-bond donors (Lipinski definition) is 1. The summed E-state index contributed by atoms with van der Waals surface area (Å²) in [6.45, 7) is 5.99. The summed E-state index contributed by atoms with van der Waals surface area (Å²) in [7, 11) is 0. The van der Waals surface area contributed by atoms with E-state index in [2.05, 4.69) is 34.9 Å². The summed E-state index contributed by atoms with van der Waals surface area (Å²) in [5.74, 6) is 1.42. The van der Waals surface area contributed by atoms with Gasteiger partial charge < -0.3 is 10.6 Å². The van der Waals surface area contributed by atoms with Crippen LogP contribution in [0.25, 0.3) is 5.65 Å². The molecule has 1 aliphatic rings. The van der Waals surface area contributed by atoms with Crippen LogP contribution in [-0.4, -0.2) is 33.7 Å². The Hall–Kier alpha value is -1.62. The number of aromatic nitrogens is 3. The zero-order chi connectivity index (χ0) is 13.4. The fraction of sp³-hybridized carbons (Fsp3) is 0.571. The number of nitrogens with two attached hydrogens (primary N) is 1. The topological polar surface area (TPSA) is 59.5 Å². The summed E-state index contributed by atoms with van der Waals surface area (Å²) < 4.78 is 1.86. The first-order valence-corrected chi connectivity index (χ1v) is 6.99. The van der Waals surface area contributed by atoms with Gasteiger partial charge in [-0.1, -0.05) is 13.0 Å². The molecule has 0 spiro atoms. The molecule has 2 unspecified atom stereocenters. The standard InChI is InChI=1S/C14H21N5/c1-10-5-6-13-16-14(17-19(13)9-10)18-7-3-4-11(2)12(18)8-15/h5-6,9,11-12H,3-4,7-8,15H2,1-2H3. The van der Waals surface area contributed by atoms with Crippen LogP contribution in [0.15, 0.2) is 18.3 Å². The summed E-state index contributed by atoms with van der Waals surface area (Å²) in [6, 6.07) is 4.43. The predicted molar refractivity (Wildman–Crippen MR) is 76.3 cm³/mol. The summed E-state index contributed by atoms with van der Waals surface area (Å²) in [4.78, 5) is 6.91. The van der Waals surface area contributed by atoms with Gasteiger partial charge in [-0.25, -0.2) is 4.52 Å². The average Bonchev–Trinajstić information content (AvgIpc) is 2.81. The van der Waals surface area contributed by atoms with Gasteiger partial charge in [0.05, 0.1) is 0 Å². The molecule has 2 aromatic heterocycles. The highest BCUT2D eigenvalue weighted by molar-refractivity contribution is 5.46. The van der Waals surface area contributed by atoms with Gasteiger partial charge in [0.25, 0.3) is 0 Å². The summed E-state index contributed by atoms with van der Waals surface area (Å²) >= 11 is 0. The van der Waals surface area contributed by atoms with E-state index in [0.29, 0.717) is 18.5 Å². The largest absolute Gasteiger partial charge is 0.335 e. The van der Waals surface area contributed by atoms with E-state index in [-0.39, 0.29) is 0 Å². The SMILES string of the molecule is Cc1ccc2nc(N3CCCC(C)C3CN)nn2c1. The molecule has 0 bridgehead atoms. The Morgan fingerprint density at radius 3 is 3.05 bits per heavy atom. The second-order valence-corrected chi connectivity index (χ2v) is 5.54. The molecule has 102 valence electrons. The monoisotopic (exact) mass is 259 g/mol. The highest BCUT2D eigenvalue weighted by atomic mass is 15.4. The van der Waals surface area contributed by atoms with Crippen LogP contribution in [0.3, 0.4) is 0 Å². The van der Waals surface area contributed by atoms with E-state index in [0.717, 1.165) is 18.1 Å². The Bertz CT molecular complexity index is 576. The Morgan fingerprint density at radius 2 is 2.26 bits per heavy atom. The molecule has 2 N–H and O–H groups in total. The lowest BCUT2D eigenvalue weighted by Crippen LogP contribution is -2.49. The maximum absolute atomic E-state index is 5.94. The van der Waals surface area contributed by atoms with Crippen molar-refractivity contribution in [3.63, 3.8) is 0 Å². The van der Waals surface area contributed by atoms with Gasteiger partial charge in [0.15, 0.2) is 5.65 Å². The van der Waals surface area contributed by atoms with Gasteiger partial charge in [0.1, 0.15) is 0 Å². The molecule has 0 aromatic carbocycles. The van der Waals surface area contributed by atoms with Crippen molar-refractivity contribution in [2.24, 2.45) is 11.7 Å². The molecule has 1 saturated heterocycles. The van der Waals surface area contributed by atoms with Crippen LogP contribution in [0.4, 0.5) is 5.95 Å². The normalized spacial score (nSPS) is 24.1. The molecule has 0 amide bonds. The van der Waals surface area contributed by atoms with Crippen LogP contribution < -0.4 is 10.6 Å². The van der Waals surface area contributed by atoms with Gasteiger partial charge in [-0.05, 0) is 37.3 Å². The van der Waals surface area contributed by atoms with Crippen molar-refractivity contribution in [1.29, 1.82) is 0 Å². The van der Waals surface area contributed by atoms with Crippen LogP contribution in [0, 0.1) is 12.8 Å². The number of aryl methyl sites for hydroxylation is 1. The van der Waals surface area contributed by atoms with E-state index >= 15 is 0 Å². The van der Waals surface area contributed by atoms with Crippen molar-refractivity contribution in [3.8, 4) is 0 Å². The molecule has 3 heterocycles. The zero-order valence-corrected chi connectivity index (χ0v) is 11.6. The Balaban J connectivity index is 1.98. The van der Waals surface area contributed by atoms with Gasteiger partial charge >= 0.3 is 0 Å². The lowest BCUT2D eigenvalue weighted by molar-refractivity contribution is 0.346. The predicted octanol–water partition coefficient (Wildman–Crippen LogP) is 1.60. The van der Waals surface area contributed by atoms with Crippen molar-refractivity contribution >= 4 is 11.6 Å². The number of piperidine rings is 1. The Morgan fingerprint density at radius 1 is 1.42 bits per heavy atom. The molecule has 1 aliphatic heterocycles. The number of pyridine rings is 1. The maximum atomic E-state index is 5.94. The molecule has 2 aromatic rings. The number of hydrogen-bond acceptors (Lipinski definition) is 4. The minimum Gasteiger partial charge on any atom is -0.335 e. The van der Waals surface area contributed by atoms with Crippen LogP contribution in [-0.2, 0) is 0 Å².